The zero-order valence-electron chi connectivity index (χ0n) is 11.5. The lowest BCUT2D eigenvalue weighted by atomic mass is 10.3. The first-order valence-electron chi connectivity index (χ1n) is 6.50. The minimum atomic E-state index is -0.514. The molecule has 1 heterocycles. The highest BCUT2D eigenvalue weighted by molar-refractivity contribution is 5.80. The number of rotatable bonds is 5. The Labute approximate surface area is 113 Å². The van der Waals surface area contributed by atoms with Gasteiger partial charge in [0.25, 0.3) is 5.91 Å². The SMILES string of the molecule is CCN(CC)C(=O)C(C)Oc1ccc2c(c1)OCO2. The molecule has 0 aromatic heterocycles. The summed E-state index contributed by atoms with van der Waals surface area (Å²) in [5.74, 6) is 1.95. The Morgan fingerprint density at radius 2 is 2.00 bits per heavy atom. The third-order valence-electron chi connectivity index (χ3n) is 3.08. The third kappa shape index (κ3) is 2.92. The molecule has 0 aliphatic carbocycles. The monoisotopic (exact) mass is 265 g/mol. The van der Waals surface area contributed by atoms with Gasteiger partial charge in [-0.05, 0) is 32.9 Å². The first-order chi connectivity index (χ1) is 9.15. The molecule has 1 aromatic rings. The van der Waals surface area contributed by atoms with Gasteiger partial charge in [-0.25, -0.2) is 0 Å². The zero-order chi connectivity index (χ0) is 13.8. The molecular formula is C14H19NO4. The van der Waals surface area contributed by atoms with Crippen molar-refractivity contribution in [2.24, 2.45) is 0 Å². The van der Waals surface area contributed by atoms with E-state index >= 15 is 0 Å². The van der Waals surface area contributed by atoms with Gasteiger partial charge in [0.15, 0.2) is 17.6 Å². The van der Waals surface area contributed by atoms with Crippen LogP contribution < -0.4 is 14.2 Å². The van der Waals surface area contributed by atoms with E-state index in [1.165, 1.54) is 0 Å². The summed E-state index contributed by atoms with van der Waals surface area (Å²) in [7, 11) is 0. The fourth-order valence-electron chi connectivity index (χ4n) is 2.00. The van der Waals surface area contributed by atoms with Crippen molar-refractivity contribution in [3.63, 3.8) is 0 Å². The summed E-state index contributed by atoms with van der Waals surface area (Å²) in [6, 6.07) is 5.31. The summed E-state index contributed by atoms with van der Waals surface area (Å²) in [4.78, 5) is 13.8. The van der Waals surface area contributed by atoms with Crippen molar-refractivity contribution in [2.45, 2.75) is 26.9 Å². The number of nitrogens with zero attached hydrogens (tertiary/aromatic N) is 1. The van der Waals surface area contributed by atoms with Crippen molar-refractivity contribution in [2.75, 3.05) is 19.9 Å². The maximum absolute atomic E-state index is 12.1. The molecule has 1 amide bonds. The predicted octanol–water partition coefficient (Wildman–Crippen LogP) is 2.05. The fourth-order valence-corrected chi connectivity index (χ4v) is 2.00. The molecule has 0 radical (unpaired) electrons. The molecule has 1 atom stereocenters. The van der Waals surface area contributed by atoms with E-state index < -0.39 is 6.10 Å². The van der Waals surface area contributed by atoms with Gasteiger partial charge in [-0.2, -0.15) is 0 Å². The highest BCUT2D eigenvalue weighted by atomic mass is 16.7. The van der Waals surface area contributed by atoms with Crippen LogP contribution in [0.4, 0.5) is 0 Å². The third-order valence-corrected chi connectivity index (χ3v) is 3.08. The van der Waals surface area contributed by atoms with E-state index in [0.29, 0.717) is 30.3 Å². The van der Waals surface area contributed by atoms with Crippen LogP contribution in [0.15, 0.2) is 18.2 Å². The Hall–Kier alpha value is -1.91. The fraction of sp³-hybridized carbons (Fsp3) is 0.500. The molecule has 1 aromatic carbocycles. The number of likely N-dealkylation sites (N-methyl/N-ethyl adjacent to an activating group) is 1. The van der Waals surface area contributed by atoms with Gasteiger partial charge < -0.3 is 19.1 Å². The van der Waals surface area contributed by atoms with E-state index in [1.807, 2.05) is 13.8 Å². The minimum absolute atomic E-state index is 0.0114. The van der Waals surface area contributed by atoms with E-state index in [0.717, 1.165) is 0 Å². The second-order valence-corrected chi connectivity index (χ2v) is 4.29. The second-order valence-electron chi connectivity index (χ2n) is 4.29. The zero-order valence-corrected chi connectivity index (χ0v) is 11.5. The van der Waals surface area contributed by atoms with Crippen LogP contribution in [0.2, 0.25) is 0 Å². The van der Waals surface area contributed by atoms with Crippen LogP contribution in [-0.2, 0) is 4.79 Å². The summed E-state index contributed by atoms with van der Waals surface area (Å²) in [5.41, 5.74) is 0. The van der Waals surface area contributed by atoms with Crippen molar-refractivity contribution in [1.29, 1.82) is 0 Å². The normalized spacial score (nSPS) is 14.1. The molecule has 0 spiro atoms. The largest absolute Gasteiger partial charge is 0.481 e. The van der Waals surface area contributed by atoms with Gasteiger partial charge in [0.2, 0.25) is 6.79 Å². The number of carbonyl (C=O) groups excluding carboxylic acids is 1. The van der Waals surface area contributed by atoms with Gasteiger partial charge in [0.1, 0.15) is 5.75 Å². The van der Waals surface area contributed by atoms with E-state index in [4.69, 9.17) is 14.2 Å². The molecule has 19 heavy (non-hydrogen) atoms. The van der Waals surface area contributed by atoms with E-state index in [2.05, 4.69) is 0 Å². The average Bonchev–Trinajstić information content (AvgIpc) is 2.87. The number of hydrogen-bond donors (Lipinski definition) is 0. The lowest BCUT2D eigenvalue weighted by Crippen LogP contribution is -2.40. The van der Waals surface area contributed by atoms with E-state index in [-0.39, 0.29) is 12.7 Å². The number of carbonyl (C=O) groups is 1. The van der Waals surface area contributed by atoms with Gasteiger partial charge in [0.05, 0.1) is 0 Å². The summed E-state index contributed by atoms with van der Waals surface area (Å²) in [6.07, 6.45) is -0.514. The highest BCUT2D eigenvalue weighted by Crippen LogP contribution is 2.35. The molecule has 1 unspecified atom stereocenters. The lowest BCUT2D eigenvalue weighted by Gasteiger charge is -2.23. The van der Waals surface area contributed by atoms with Crippen LogP contribution in [-0.4, -0.2) is 36.8 Å². The molecule has 0 fully saturated rings. The molecule has 0 bridgehead atoms. The first kappa shape index (κ1) is 13.5. The minimum Gasteiger partial charge on any atom is -0.481 e. The molecule has 104 valence electrons. The van der Waals surface area contributed by atoms with Crippen LogP contribution in [0.1, 0.15) is 20.8 Å². The van der Waals surface area contributed by atoms with E-state index in [1.54, 1.807) is 30.0 Å². The topological polar surface area (TPSA) is 48.0 Å². The number of fused-ring (bicyclic) bond motifs is 1. The molecular weight excluding hydrogens is 246 g/mol. The molecule has 0 saturated carbocycles. The van der Waals surface area contributed by atoms with Crippen molar-refractivity contribution < 1.29 is 19.0 Å². The number of hydrogen-bond acceptors (Lipinski definition) is 4. The summed E-state index contributed by atoms with van der Waals surface area (Å²) >= 11 is 0. The summed E-state index contributed by atoms with van der Waals surface area (Å²) in [5, 5.41) is 0. The number of amides is 1. The van der Waals surface area contributed by atoms with Crippen molar-refractivity contribution in [3.05, 3.63) is 18.2 Å². The first-order valence-corrected chi connectivity index (χ1v) is 6.50. The van der Waals surface area contributed by atoms with Gasteiger partial charge >= 0.3 is 0 Å². The molecule has 1 aliphatic heterocycles. The van der Waals surface area contributed by atoms with Crippen LogP contribution in [0, 0.1) is 0 Å². The van der Waals surface area contributed by atoms with Gasteiger partial charge in [-0.1, -0.05) is 0 Å². The maximum Gasteiger partial charge on any atom is 0.263 e. The molecule has 0 N–H and O–H groups in total. The highest BCUT2D eigenvalue weighted by Gasteiger charge is 2.21. The van der Waals surface area contributed by atoms with Crippen molar-refractivity contribution >= 4 is 5.91 Å². The Morgan fingerprint density at radius 3 is 2.68 bits per heavy atom. The van der Waals surface area contributed by atoms with Crippen LogP contribution in [0.3, 0.4) is 0 Å². The lowest BCUT2D eigenvalue weighted by molar-refractivity contribution is -0.137. The second kappa shape index (κ2) is 5.82. The quantitative estimate of drug-likeness (QED) is 0.817. The van der Waals surface area contributed by atoms with Crippen LogP contribution >= 0.6 is 0 Å². The van der Waals surface area contributed by atoms with Crippen LogP contribution in [0.5, 0.6) is 17.2 Å². The molecule has 5 nitrogen and oxygen atoms in total. The smallest absolute Gasteiger partial charge is 0.263 e. The number of benzene rings is 1. The Balaban J connectivity index is 2.02. The molecule has 1 aliphatic rings. The van der Waals surface area contributed by atoms with Gasteiger partial charge in [-0.15, -0.1) is 0 Å². The van der Waals surface area contributed by atoms with Gasteiger partial charge in [-0.3, -0.25) is 4.79 Å². The van der Waals surface area contributed by atoms with E-state index in [9.17, 15) is 4.79 Å². The van der Waals surface area contributed by atoms with Crippen LogP contribution in [0.25, 0.3) is 0 Å². The maximum atomic E-state index is 12.1. The Kier molecular flexibility index (Phi) is 4.14. The Bertz CT molecular complexity index is 457. The molecule has 5 heteroatoms. The number of ether oxygens (including phenoxy) is 3. The molecule has 0 saturated heterocycles. The predicted molar refractivity (Wildman–Crippen MR) is 70.6 cm³/mol. The van der Waals surface area contributed by atoms with Crippen molar-refractivity contribution in [3.8, 4) is 17.2 Å². The Morgan fingerprint density at radius 1 is 1.32 bits per heavy atom. The summed E-state index contributed by atoms with van der Waals surface area (Å²) in [6.45, 7) is 7.26. The molecule has 2 rings (SSSR count). The average molecular weight is 265 g/mol. The van der Waals surface area contributed by atoms with Crippen molar-refractivity contribution in [1.82, 2.24) is 4.90 Å². The standard InChI is InChI=1S/C14H19NO4/c1-4-15(5-2)14(16)10(3)19-11-6-7-12-13(8-11)18-9-17-12/h6-8,10H,4-5,9H2,1-3H3. The summed E-state index contributed by atoms with van der Waals surface area (Å²) < 4.78 is 16.2. The van der Waals surface area contributed by atoms with Gasteiger partial charge in [0, 0.05) is 19.2 Å².